The number of hydrogen-bond donors (Lipinski definition) is 0. The van der Waals surface area contributed by atoms with E-state index in [0.29, 0.717) is 12.3 Å². The first kappa shape index (κ1) is 18.0. The van der Waals surface area contributed by atoms with Crippen molar-refractivity contribution < 1.29 is 17.9 Å². The molecule has 26 heavy (non-hydrogen) atoms. The number of carbonyl (C=O) groups is 1. The minimum atomic E-state index is -3.60. The molecule has 1 aromatic rings. The van der Waals surface area contributed by atoms with E-state index in [-0.39, 0.29) is 22.6 Å². The van der Waals surface area contributed by atoms with Crippen molar-refractivity contribution in [2.24, 2.45) is 16.7 Å². The Hall–Kier alpha value is -1.40. The molecule has 4 atom stereocenters. The molecule has 1 spiro atoms. The fourth-order valence-electron chi connectivity index (χ4n) is 5.82. The van der Waals surface area contributed by atoms with E-state index in [9.17, 15) is 13.2 Å². The summed E-state index contributed by atoms with van der Waals surface area (Å²) in [6.45, 7) is 4.37. The molecule has 6 heteroatoms. The van der Waals surface area contributed by atoms with E-state index in [4.69, 9.17) is 4.74 Å². The van der Waals surface area contributed by atoms with Crippen molar-refractivity contribution in [2.75, 3.05) is 12.9 Å². The Bertz CT molecular complexity index is 819. The summed E-state index contributed by atoms with van der Waals surface area (Å²) in [6, 6.07) is 9.39. The van der Waals surface area contributed by atoms with Gasteiger partial charge in [0.15, 0.2) is 0 Å². The summed E-state index contributed by atoms with van der Waals surface area (Å²) in [6.07, 6.45) is 2.37. The number of rotatable bonds is 4. The molecule has 1 heterocycles. The molecule has 3 aliphatic rings. The summed E-state index contributed by atoms with van der Waals surface area (Å²) in [5.41, 5.74) is 0.631. The Morgan fingerprint density at radius 2 is 2.00 bits per heavy atom. The van der Waals surface area contributed by atoms with Crippen molar-refractivity contribution in [1.82, 2.24) is 4.31 Å². The lowest BCUT2D eigenvalue weighted by atomic mass is 9.69. The fraction of sp³-hybridized carbons (Fsp3) is 0.650. The first-order chi connectivity index (χ1) is 12.2. The van der Waals surface area contributed by atoms with Gasteiger partial charge in [-0.15, -0.1) is 0 Å². The predicted molar refractivity (Wildman–Crippen MR) is 98.9 cm³/mol. The monoisotopic (exact) mass is 377 g/mol. The summed E-state index contributed by atoms with van der Waals surface area (Å²) >= 11 is 0. The standard InChI is InChI=1S/C20H27NO4S/c1-19(2)15-9-10-20(19)13-26(23,24)21(17(20)12-15)18(22)16(25-3)11-14-7-5-4-6-8-14/h4-8,15-17H,9-13H2,1-3H3/t15-,16+,17-,20-/m1/s1. The van der Waals surface area contributed by atoms with Gasteiger partial charge < -0.3 is 4.74 Å². The molecule has 2 aliphatic carbocycles. The van der Waals surface area contributed by atoms with Crippen molar-refractivity contribution in [3.05, 3.63) is 35.9 Å². The highest BCUT2D eigenvalue weighted by Crippen LogP contribution is 2.70. The lowest BCUT2D eigenvalue weighted by molar-refractivity contribution is -0.139. The van der Waals surface area contributed by atoms with E-state index in [1.54, 1.807) is 0 Å². The molecule has 3 fully saturated rings. The average molecular weight is 378 g/mol. The van der Waals surface area contributed by atoms with Crippen molar-refractivity contribution in [3.63, 3.8) is 0 Å². The van der Waals surface area contributed by atoms with Crippen LogP contribution in [0, 0.1) is 16.7 Å². The van der Waals surface area contributed by atoms with Crippen LogP contribution in [0.1, 0.15) is 38.7 Å². The fourth-order valence-corrected chi connectivity index (χ4v) is 8.39. The molecule has 2 bridgehead atoms. The lowest BCUT2D eigenvalue weighted by Crippen LogP contribution is -2.48. The number of carbonyl (C=O) groups excluding carboxylic acids is 1. The third-order valence-electron chi connectivity index (χ3n) is 7.45. The van der Waals surface area contributed by atoms with E-state index in [2.05, 4.69) is 13.8 Å². The zero-order valence-corrected chi connectivity index (χ0v) is 16.5. The maximum Gasteiger partial charge on any atom is 0.265 e. The van der Waals surface area contributed by atoms with Crippen molar-refractivity contribution in [3.8, 4) is 0 Å². The maximum atomic E-state index is 13.2. The van der Waals surface area contributed by atoms with Gasteiger partial charge >= 0.3 is 0 Å². The first-order valence-electron chi connectivity index (χ1n) is 9.35. The van der Waals surface area contributed by atoms with Crippen LogP contribution < -0.4 is 0 Å². The van der Waals surface area contributed by atoms with E-state index >= 15 is 0 Å². The average Bonchev–Trinajstić information content (AvgIpc) is 3.07. The van der Waals surface area contributed by atoms with Gasteiger partial charge in [0.05, 0.1) is 11.8 Å². The zero-order valence-electron chi connectivity index (χ0n) is 15.6. The van der Waals surface area contributed by atoms with Crippen molar-refractivity contribution >= 4 is 15.9 Å². The van der Waals surface area contributed by atoms with Gasteiger partial charge in [-0.1, -0.05) is 44.2 Å². The van der Waals surface area contributed by atoms with Crippen molar-refractivity contribution in [1.29, 1.82) is 0 Å². The van der Waals surface area contributed by atoms with Gasteiger partial charge in [0, 0.05) is 18.9 Å². The summed E-state index contributed by atoms with van der Waals surface area (Å²) in [4.78, 5) is 13.2. The second-order valence-electron chi connectivity index (χ2n) is 8.67. The second kappa shape index (κ2) is 5.80. The predicted octanol–water partition coefficient (Wildman–Crippen LogP) is 2.61. The van der Waals surface area contributed by atoms with Crippen LogP contribution in [0.25, 0.3) is 0 Å². The van der Waals surface area contributed by atoms with Crippen LogP contribution in [0.15, 0.2) is 30.3 Å². The summed E-state index contributed by atoms with van der Waals surface area (Å²) in [5, 5.41) is 0. The topological polar surface area (TPSA) is 63.7 Å². The van der Waals surface area contributed by atoms with Crippen LogP contribution in [0.5, 0.6) is 0 Å². The summed E-state index contributed by atoms with van der Waals surface area (Å²) in [5.74, 6) is 0.191. The van der Waals surface area contributed by atoms with E-state index in [1.165, 1.54) is 11.4 Å². The molecule has 4 rings (SSSR count). The van der Waals surface area contributed by atoms with Gasteiger partial charge in [0.2, 0.25) is 10.0 Å². The SMILES string of the molecule is CO[C@@H](Cc1ccccc1)C(=O)N1[C@@H]2C[C@H]3CC[C@]2(CS1(=O)=O)C3(C)C. The van der Waals surface area contributed by atoms with Gasteiger partial charge in [-0.25, -0.2) is 12.7 Å². The van der Waals surface area contributed by atoms with Gasteiger partial charge in [-0.3, -0.25) is 4.79 Å². The molecule has 0 radical (unpaired) electrons. The molecule has 1 saturated heterocycles. The number of benzene rings is 1. The highest BCUT2D eigenvalue weighted by Gasteiger charge is 2.72. The van der Waals surface area contributed by atoms with Gasteiger partial charge in [0.25, 0.3) is 5.91 Å². The Morgan fingerprint density at radius 1 is 1.31 bits per heavy atom. The van der Waals surface area contributed by atoms with Crippen LogP contribution in [-0.4, -0.2) is 43.6 Å². The minimum Gasteiger partial charge on any atom is -0.371 e. The molecule has 0 aromatic heterocycles. The van der Waals surface area contributed by atoms with Crippen LogP contribution in [-0.2, 0) is 26.0 Å². The molecule has 5 nitrogen and oxygen atoms in total. The smallest absolute Gasteiger partial charge is 0.265 e. The second-order valence-corrected chi connectivity index (χ2v) is 10.5. The molecule has 1 amide bonds. The van der Waals surface area contributed by atoms with E-state index in [0.717, 1.165) is 24.8 Å². The Morgan fingerprint density at radius 3 is 2.62 bits per heavy atom. The number of ether oxygens (including phenoxy) is 1. The maximum absolute atomic E-state index is 13.2. The number of hydrogen-bond acceptors (Lipinski definition) is 4. The number of amides is 1. The van der Waals surface area contributed by atoms with Gasteiger partial charge in [0.1, 0.15) is 6.10 Å². The zero-order chi connectivity index (χ0) is 18.7. The normalized spacial score (nSPS) is 34.7. The van der Waals surface area contributed by atoms with Crippen molar-refractivity contribution in [2.45, 2.75) is 51.7 Å². The molecule has 1 aliphatic heterocycles. The number of fused-ring (bicyclic) bond motifs is 1. The Labute approximate surface area is 155 Å². The number of nitrogens with zero attached hydrogens (tertiary/aromatic N) is 1. The van der Waals surface area contributed by atoms with Crippen LogP contribution >= 0.6 is 0 Å². The van der Waals surface area contributed by atoms with Crippen LogP contribution in [0.4, 0.5) is 0 Å². The van der Waals surface area contributed by atoms with E-state index < -0.39 is 22.0 Å². The third kappa shape index (κ3) is 2.31. The van der Waals surface area contributed by atoms with Crippen LogP contribution in [0.2, 0.25) is 0 Å². The lowest BCUT2D eigenvalue weighted by Gasteiger charge is -2.37. The largest absolute Gasteiger partial charge is 0.371 e. The Balaban J connectivity index is 1.65. The third-order valence-corrected chi connectivity index (χ3v) is 9.37. The highest BCUT2D eigenvalue weighted by molar-refractivity contribution is 7.90. The molecule has 0 unspecified atom stereocenters. The quantitative estimate of drug-likeness (QED) is 0.809. The first-order valence-corrected chi connectivity index (χ1v) is 11.0. The molecule has 2 saturated carbocycles. The number of sulfonamides is 1. The molecule has 142 valence electrons. The highest BCUT2D eigenvalue weighted by atomic mass is 32.2. The molecular weight excluding hydrogens is 350 g/mol. The van der Waals surface area contributed by atoms with Gasteiger partial charge in [-0.05, 0) is 36.2 Å². The number of methoxy groups -OCH3 is 1. The molecule has 0 N–H and O–H groups in total. The van der Waals surface area contributed by atoms with Gasteiger partial charge in [-0.2, -0.15) is 0 Å². The Kier molecular flexibility index (Phi) is 4.01. The minimum absolute atomic E-state index is 0.0399. The summed E-state index contributed by atoms with van der Waals surface area (Å²) in [7, 11) is -2.12. The molecular formula is C20H27NO4S. The van der Waals surface area contributed by atoms with Crippen LogP contribution in [0.3, 0.4) is 0 Å². The summed E-state index contributed by atoms with van der Waals surface area (Å²) < 4.78 is 32.7. The van der Waals surface area contributed by atoms with E-state index in [1.807, 2.05) is 30.3 Å². The molecule has 1 aromatic carbocycles.